The average molecular weight is 358 g/mol. The summed E-state index contributed by atoms with van der Waals surface area (Å²) < 4.78 is 0. The Balaban J connectivity index is 1.89. The van der Waals surface area contributed by atoms with Crippen molar-refractivity contribution in [1.82, 2.24) is 4.98 Å². The highest BCUT2D eigenvalue weighted by atomic mass is 15.4. The van der Waals surface area contributed by atoms with Crippen LogP contribution in [0.15, 0.2) is 42.6 Å². The van der Waals surface area contributed by atoms with Gasteiger partial charge in [0.15, 0.2) is 5.82 Å². The lowest BCUT2D eigenvalue weighted by Gasteiger charge is -2.27. The van der Waals surface area contributed by atoms with Crippen molar-refractivity contribution in [2.45, 2.75) is 41.5 Å². The number of pyridine rings is 1. The van der Waals surface area contributed by atoms with E-state index < -0.39 is 0 Å². The molecule has 3 heteroatoms. The molecule has 1 aromatic heterocycles. The predicted molar refractivity (Wildman–Crippen MR) is 115 cm³/mol. The van der Waals surface area contributed by atoms with Gasteiger partial charge in [0.05, 0.1) is 11.4 Å². The third-order valence-corrected chi connectivity index (χ3v) is 5.41. The van der Waals surface area contributed by atoms with Crippen molar-refractivity contribution < 1.29 is 0 Å². The van der Waals surface area contributed by atoms with Gasteiger partial charge in [0.2, 0.25) is 0 Å². The Labute approximate surface area is 162 Å². The highest BCUT2D eigenvalue weighted by molar-refractivity contribution is 5.87. The molecule has 2 heterocycles. The topological polar surface area (TPSA) is 19.4 Å². The van der Waals surface area contributed by atoms with Crippen LogP contribution in [0.2, 0.25) is 0 Å². The highest BCUT2D eigenvalue weighted by Crippen LogP contribution is 2.46. The standard InChI is InChI=1S/C24H27N3/c1-15-10-17(3)22(18(4)11-15)26-14-27(24-21(26)8-7-9-25-24)23-19(5)12-16(2)13-20(23)6/h7-13H,14H2,1-6H3. The van der Waals surface area contributed by atoms with Crippen LogP contribution in [-0.2, 0) is 0 Å². The normalized spacial score (nSPS) is 13.3. The van der Waals surface area contributed by atoms with Gasteiger partial charge in [-0.05, 0) is 75.9 Å². The molecule has 0 bridgehead atoms. The van der Waals surface area contributed by atoms with Crippen molar-refractivity contribution in [3.8, 4) is 0 Å². The van der Waals surface area contributed by atoms with Gasteiger partial charge in [-0.15, -0.1) is 0 Å². The Morgan fingerprint density at radius 2 is 1.19 bits per heavy atom. The fourth-order valence-electron chi connectivity index (χ4n) is 4.66. The minimum Gasteiger partial charge on any atom is -0.319 e. The van der Waals surface area contributed by atoms with Gasteiger partial charge in [-0.3, -0.25) is 0 Å². The summed E-state index contributed by atoms with van der Waals surface area (Å²) in [4.78, 5) is 9.53. The van der Waals surface area contributed by atoms with Gasteiger partial charge in [-0.25, -0.2) is 4.98 Å². The molecule has 1 aliphatic heterocycles. The van der Waals surface area contributed by atoms with Crippen LogP contribution in [0.4, 0.5) is 22.9 Å². The quantitative estimate of drug-likeness (QED) is 0.546. The van der Waals surface area contributed by atoms with Crippen LogP contribution in [0.25, 0.3) is 0 Å². The number of aryl methyl sites for hydroxylation is 6. The lowest BCUT2D eigenvalue weighted by molar-refractivity contribution is 0.960. The van der Waals surface area contributed by atoms with E-state index in [1.54, 1.807) is 0 Å². The van der Waals surface area contributed by atoms with Gasteiger partial charge in [0, 0.05) is 11.9 Å². The molecule has 0 N–H and O–H groups in total. The van der Waals surface area contributed by atoms with Crippen LogP contribution in [0.1, 0.15) is 33.4 Å². The molecule has 0 fully saturated rings. The van der Waals surface area contributed by atoms with Crippen LogP contribution in [0.3, 0.4) is 0 Å². The van der Waals surface area contributed by atoms with Crippen LogP contribution in [0.5, 0.6) is 0 Å². The Bertz CT molecular complexity index is 907. The van der Waals surface area contributed by atoms with E-state index in [4.69, 9.17) is 4.98 Å². The SMILES string of the molecule is Cc1cc(C)c(N2CN(c3c(C)cc(C)cc3C)c3ncccc32)c(C)c1. The molecule has 0 unspecified atom stereocenters. The monoisotopic (exact) mass is 357 g/mol. The van der Waals surface area contributed by atoms with Gasteiger partial charge in [-0.1, -0.05) is 35.4 Å². The molecule has 0 radical (unpaired) electrons. The first-order valence-electron chi connectivity index (χ1n) is 9.52. The Hall–Kier alpha value is -2.81. The third-order valence-electron chi connectivity index (χ3n) is 5.41. The van der Waals surface area contributed by atoms with E-state index in [2.05, 4.69) is 81.7 Å². The van der Waals surface area contributed by atoms with E-state index >= 15 is 0 Å². The van der Waals surface area contributed by atoms with Crippen LogP contribution in [0, 0.1) is 41.5 Å². The van der Waals surface area contributed by atoms with E-state index in [-0.39, 0.29) is 0 Å². The second-order valence-corrected chi connectivity index (χ2v) is 7.84. The summed E-state index contributed by atoms with van der Waals surface area (Å²) in [6.07, 6.45) is 1.89. The fraction of sp³-hybridized carbons (Fsp3) is 0.292. The van der Waals surface area contributed by atoms with Gasteiger partial charge < -0.3 is 9.80 Å². The van der Waals surface area contributed by atoms with E-state index in [9.17, 15) is 0 Å². The highest BCUT2D eigenvalue weighted by Gasteiger charge is 2.32. The summed E-state index contributed by atoms with van der Waals surface area (Å²) in [5, 5.41) is 0. The van der Waals surface area contributed by atoms with Gasteiger partial charge in [0.25, 0.3) is 0 Å². The molecule has 0 saturated heterocycles. The number of hydrogen-bond acceptors (Lipinski definition) is 3. The minimum absolute atomic E-state index is 0.780. The van der Waals surface area contributed by atoms with E-state index in [1.807, 2.05) is 12.3 Å². The van der Waals surface area contributed by atoms with E-state index in [0.717, 1.165) is 12.5 Å². The van der Waals surface area contributed by atoms with E-state index in [0.29, 0.717) is 0 Å². The lowest BCUT2D eigenvalue weighted by Crippen LogP contribution is -2.26. The second-order valence-electron chi connectivity index (χ2n) is 7.84. The summed E-state index contributed by atoms with van der Waals surface area (Å²) >= 11 is 0. The van der Waals surface area contributed by atoms with Crippen LogP contribution in [-0.4, -0.2) is 11.7 Å². The maximum atomic E-state index is 4.76. The summed E-state index contributed by atoms with van der Waals surface area (Å²) in [6, 6.07) is 13.3. The van der Waals surface area contributed by atoms with Crippen molar-refractivity contribution in [3.05, 3.63) is 76.0 Å². The molecule has 0 saturated carbocycles. The molecule has 4 rings (SSSR count). The molecule has 138 valence electrons. The van der Waals surface area contributed by atoms with Gasteiger partial charge in [0.1, 0.15) is 6.67 Å². The van der Waals surface area contributed by atoms with Crippen LogP contribution >= 0.6 is 0 Å². The second kappa shape index (κ2) is 6.41. The molecule has 0 aliphatic carbocycles. The number of anilines is 4. The summed E-state index contributed by atoms with van der Waals surface area (Å²) in [5.74, 6) is 1.03. The number of rotatable bonds is 2. The molecule has 0 atom stereocenters. The minimum atomic E-state index is 0.780. The van der Waals surface area contributed by atoms with Crippen molar-refractivity contribution >= 4 is 22.9 Å². The maximum absolute atomic E-state index is 4.76. The molecule has 3 nitrogen and oxygen atoms in total. The Kier molecular flexibility index (Phi) is 4.18. The zero-order chi connectivity index (χ0) is 19.3. The summed E-state index contributed by atoms with van der Waals surface area (Å²) in [7, 11) is 0. The number of aromatic nitrogens is 1. The first-order chi connectivity index (χ1) is 12.9. The average Bonchev–Trinajstić information content (AvgIpc) is 2.93. The zero-order valence-corrected chi connectivity index (χ0v) is 17.1. The van der Waals surface area contributed by atoms with Crippen molar-refractivity contribution in [1.29, 1.82) is 0 Å². The number of fused-ring (bicyclic) bond motifs is 1. The van der Waals surface area contributed by atoms with Crippen molar-refractivity contribution in [2.75, 3.05) is 16.5 Å². The van der Waals surface area contributed by atoms with Gasteiger partial charge in [-0.2, -0.15) is 0 Å². The zero-order valence-electron chi connectivity index (χ0n) is 17.1. The summed E-state index contributed by atoms with van der Waals surface area (Å²) in [5.41, 5.74) is 11.5. The Morgan fingerprint density at radius 3 is 1.70 bits per heavy atom. The van der Waals surface area contributed by atoms with Gasteiger partial charge >= 0.3 is 0 Å². The molecule has 1 aliphatic rings. The first-order valence-corrected chi connectivity index (χ1v) is 9.52. The van der Waals surface area contributed by atoms with Crippen LogP contribution < -0.4 is 9.80 Å². The number of hydrogen-bond donors (Lipinski definition) is 0. The molecular formula is C24H27N3. The molecule has 27 heavy (non-hydrogen) atoms. The molecule has 3 aromatic rings. The third kappa shape index (κ3) is 2.87. The molecule has 0 amide bonds. The molecular weight excluding hydrogens is 330 g/mol. The largest absolute Gasteiger partial charge is 0.319 e. The first kappa shape index (κ1) is 17.6. The number of benzene rings is 2. The Morgan fingerprint density at radius 1 is 0.704 bits per heavy atom. The summed E-state index contributed by atoms with van der Waals surface area (Å²) in [6.45, 7) is 13.9. The van der Waals surface area contributed by atoms with Crippen molar-refractivity contribution in [3.63, 3.8) is 0 Å². The predicted octanol–water partition coefficient (Wildman–Crippen LogP) is 6.18. The molecule has 2 aromatic carbocycles. The van der Waals surface area contributed by atoms with E-state index in [1.165, 1.54) is 50.4 Å². The number of nitrogens with zero attached hydrogens (tertiary/aromatic N) is 3. The lowest BCUT2D eigenvalue weighted by atomic mass is 10.0. The smallest absolute Gasteiger partial charge is 0.158 e. The molecule has 0 spiro atoms. The van der Waals surface area contributed by atoms with Crippen molar-refractivity contribution in [2.24, 2.45) is 0 Å². The maximum Gasteiger partial charge on any atom is 0.158 e. The fourth-order valence-corrected chi connectivity index (χ4v) is 4.66.